The molecule has 1 aromatic rings. The molecule has 0 saturated carbocycles. The first kappa shape index (κ1) is 11.2. The van der Waals surface area contributed by atoms with Crippen molar-refractivity contribution in [2.45, 2.75) is 13.0 Å². The van der Waals surface area contributed by atoms with Gasteiger partial charge < -0.3 is 9.84 Å². The number of benzene rings is 1. The van der Waals surface area contributed by atoms with Crippen LogP contribution in [0.25, 0.3) is 0 Å². The van der Waals surface area contributed by atoms with Gasteiger partial charge in [0.1, 0.15) is 12.4 Å². The number of hydrogen-bond donors (Lipinski definition) is 1. The Hall–Kier alpha value is -0.870. The van der Waals surface area contributed by atoms with E-state index in [2.05, 4.69) is 0 Å². The summed E-state index contributed by atoms with van der Waals surface area (Å²) in [6, 6.07) is 4.42. The highest BCUT2D eigenvalue weighted by atomic mass is 35.5. The van der Waals surface area contributed by atoms with E-state index in [0.717, 1.165) is 0 Å². The molecule has 0 amide bonds. The second-order valence-corrected chi connectivity index (χ2v) is 3.02. The van der Waals surface area contributed by atoms with Crippen molar-refractivity contribution in [1.29, 1.82) is 0 Å². The zero-order valence-corrected chi connectivity index (χ0v) is 7.97. The molecule has 2 nitrogen and oxygen atoms in total. The van der Waals surface area contributed by atoms with Crippen molar-refractivity contribution in [3.63, 3.8) is 0 Å². The minimum absolute atomic E-state index is 0.187. The first-order valence-corrected chi connectivity index (χ1v) is 4.31. The molecule has 1 N–H and O–H groups in total. The molecule has 0 aliphatic rings. The van der Waals surface area contributed by atoms with E-state index in [1.54, 1.807) is 0 Å². The number of hydrogen-bond acceptors (Lipinski definition) is 2. The van der Waals surface area contributed by atoms with E-state index in [4.69, 9.17) is 21.4 Å². The Balaban J connectivity index is 2.66. The third kappa shape index (κ3) is 3.12. The molecule has 0 unspecified atom stereocenters. The van der Waals surface area contributed by atoms with Crippen molar-refractivity contribution < 1.29 is 18.6 Å². The summed E-state index contributed by atoms with van der Waals surface area (Å²) in [5, 5.41) is 9.09. The highest BCUT2D eigenvalue weighted by Crippen LogP contribution is 2.22. The van der Waals surface area contributed by atoms with Crippen LogP contribution < -0.4 is 4.74 Å². The summed E-state index contributed by atoms with van der Waals surface area (Å²) in [6.45, 7) is -0.844. The van der Waals surface area contributed by atoms with Crippen molar-refractivity contribution in [1.82, 2.24) is 0 Å². The average Bonchev–Trinajstić information content (AvgIpc) is 2.15. The zero-order valence-electron chi connectivity index (χ0n) is 7.21. The van der Waals surface area contributed by atoms with Crippen molar-refractivity contribution >= 4 is 11.6 Å². The van der Waals surface area contributed by atoms with Crippen LogP contribution in [-0.2, 0) is 6.61 Å². The Morgan fingerprint density at radius 1 is 1.43 bits per heavy atom. The van der Waals surface area contributed by atoms with Gasteiger partial charge in [-0.15, -0.1) is 0 Å². The van der Waals surface area contributed by atoms with Gasteiger partial charge in [-0.05, 0) is 17.7 Å². The molecule has 1 rings (SSSR count). The maximum Gasteiger partial charge on any atom is 0.272 e. The lowest BCUT2D eigenvalue weighted by Crippen LogP contribution is -2.06. The largest absolute Gasteiger partial charge is 0.488 e. The third-order valence-electron chi connectivity index (χ3n) is 1.57. The van der Waals surface area contributed by atoms with Gasteiger partial charge in [-0.25, -0.2) is 8.78 Å². The lowest BCUT2D eigenvalue weighted by atomic mass is 10.2. The van der Waals surface area contributed by atoms with Crippen LogP contribution in [0.5, 0.6) is 5.75 Å². The fourth-order valence-corrected chi connectivity index (χ4v) is 1.14. The molecule has 0 aromatic heterocycles. The summed E-state index contributed by atoms with van der Waals surface area (Å²) in [5.41, 5.74) is 0.538. The Kier molecular flexibility index (Phi) is 4.10. The van der Waals surface area contributed by atoms with Gasteiger partial charge in [-0.3, -0.25) is 0 Å². The SMILES string of the molecule is OCc1ccc(OCC(F)F)cc1Cl. The van der Waals surface area contributed by atoms with Gasteiger partial charge in [-0.1, -0.05) is 17.7 Å². The molecular weight excluding hydrogens is 214 g/mol. The summed E-state index contributed by atoms with van der Waals surface area (Å²) in [5.74, 6) is 0.271. The van der Waals surface area contributed by atoms with Gasteiger partial charge in [0.25, 0.3) is 6.43 Å². The van der Waals surface area contributed by atoms with E-state index >= 15 is 0 Å². The summed E-state index contributed by atoms with van der Waals surface area (Å²) in [4.78, 5) is 0. The van der Waals surface area contributed by atoms with Crippen molar-refractivity contribution in [3.8, 4) is 5.75 Å². The van der Waals surface area contributed by atoms with Gasteiger partial charge >= 0.3 is 0 Å². The molecule has 14 heavy (non-hydrogen) atoms. The van der Waals surface area contributed by atoms with E-state index in [1.807, 2.05) is 0 Å². The first-order valence-electron chi connectivity index (χ1n) is 3.93. The number of aliphatic hydroxyl groups is 1. The van der Waals surface area contributed by atoms with Crippen molar-refractivity contribution in [2.75, 3.05) is 6.61 Å². The molecule has 0 atom stereocenters. The zero-order chi connectivity index (χ0) is 10.6. The molecule has 5 heteroatoms. The second-order valence-electron chi connectivity index (χ2n) is 2.61. The minimum Gasteiger partial charge on any atom is -0.488 e. The third-order valence-corrected chi connectivity index (χ3v) is 1.92. The Morgan fingerprint density at radius 2 is 2.14 bits per heavy atom. The van der Waals surface area contributed by atoms with E-state index < -0.39 is 13.0 Å². The highest BCUT2D eigenvalue weighted by Gasteiger charge is 2.05. The van der Waals surface area contributed by atoms with Crippen molar-refractivity contribution in [2.24, 2.45) is 0 Å². The molecule has 0 spiro atoms. The fourth-order valence-electron chi connectivity index (χ4n) is 0.905. The minimum atomic E-state index is -2.51. The predicted octanol–water partition coefficient (Wildman–Crippen LogP) is 2.48. The monoisotopic (exact) mass is 222 g/mol. The molecule has 0 bridgehead atoms. The summed E-state index contributed by atoms with van der Waals surface area (Å²) in [6.07, 6.45) is -2.51. The Morgan fingerprint density at radius 3 is 2.64 bits per heavy atom. The van der Waals surface area contributed by atoms with E-state index in [-0.39, 0.29) is 12.4 Å². The summed E-state index contributed by atoms with van der Waals surface area (Å²) >= 11 is 5.72. The van der Waals surface area contributed by atoms with Crippen LogP contribution in [0.3, 0.4) is 0 Å². The smallest absolute Gasteiger partial charge is 0.272 e. The normalized spacial score (nSPS) is 10.6. The number of aliphatic hydroxyl groups excluding tert-OH is 1. The molecule has 0 heterocycles. The quantitative estimate of drug-likeness (QED) is 0.848. The van der Waals surface area contributed by atoms with Gasteiger partial charge in [0.15, 0.2) is 0 Å². The van der Waals surface area contributed by atoms with Gasteiger partial charge in [0.2, 0.25) is 0 Å². The van der Waals surface area contributed by atoms with Crippen LogP contribution >= 0.6 is 11.6 Å². The summed E-state index contributed by atoms with van der Waals surface area (Å²) < 4.78 is 28.3. The number of ether oxygens (including phenoxy) is 1. The molecule has 0 radical (unpaired) electrons. The average molecular weight is 223 g/mol. The molecular formula is C9H9ClF2O2. The standard InChI is InChI=1S/C9H9ClF2O2/c10-8-3-7(14-5-9(11)12)2-1-6(8)4-13/h1-3,9,13H,4-5H2. The van der Waals surface area contributed by atoms with Crippen LogP contribution in [0.2, 0.25) is 5.02 Å². The van der Waals surface area contributed by atoms with Crippen LogP contribution in [0.15, 0.2) is 18.2 Å². The van der Waals surface area contributed by atoms with Crippen LogP contribution in [0, 0.1) is 0 Å². The van der Waals surface area contributed by atoms with Gasteiger partial charge in [0.05, 0.1) is 6.61 Å². The Bertz CT molecular complexity index is 305. The maximum absolute atomic E-state index is 11.8. The van der Waals surface area contributed by atoms with Crippen molar-refractivity contribution in [3.05, 3.63) is 28.8 Å². The van der Waals surface area contributed by atoms with E-state index in [0.29, 0.717) is 10.6 Å². The first-order chi connectivity index (χ1) is 6.63. The molecule has 0 saturated heterocycles. The Labute approximate surface area is 85.1 Å². The lowest BCUT2D eigenvalue weighted by molar-refractivity contribution is 0.0819. The predicted molar refractivity (Wildman–Crippen MR) is 48.9 cm³/mol. The fraction of sp³-hybridized carbons (Fsp3) is 0.333. The number of alkyl halides is 2. The second kappa shape index (κ2) is 5.12. The molecule has 1 aromatic carbocycles. The van der Waals surface area contributed by atoms with Gasteiger partial charge in [0, 0.05) is 5.02 Å². The molecule has 0 fully saturated rings. The van der Waals surface area contributed by atoms with Gasteiger partial charge in [-0.2, -0.15) is 0 Å². The number of rotatable bonds is 4. The number of halogens is 3. The maximum atomic E-state index is 11.8. The molecule has 78 valence electrons. The molecule has 0 aliphatic heterocycles. The van der Waals surface area contributed by atoms with Crippen LogP contribution in [0.4, 0.5) is 8.78 Å². The van der Waals surface area contributed by atoms with E-state index in [1.165, 1.54) is 18.2 Å². The summed E-state index contributed by atoms with van der Waals surface area (Å²) in [7, 11) is 0. The van der Waals surface area contributed by atoms with Crippen LogP contribution in [-0.4, -0.2) is 18.1 Å². The molecule has 0 aliphatic carbocycles. The highest BCUT2D eigenvalue weighted by molar-refractivity contribution is 6.31. The van der Waals surface area contributed by atoms with E-state index in [9.17, 15) is 8.78 Å². The van der Waals surface area contributed by atoms with Crippen LogP contribution in [0.1, 0.15) is 5.56 Å². The topological polar surface area (TPSA) is 29.5 Å². The lowest BCUT2D eigenvalue weighted by Gasteiger charge is -2.07.